The number of benzene rings is 2. The van der Waals surface area contributed by atoms with Gasteiger partial charge in [0.05, 0.1) is 35.4 Å². The maximum absolute atomic E-state index is 12.8. The Morgan fingerprint density at radius 3 is 2.62 bits per heavy atom. The van der Waals surface area contributed by atoms with Gasteiger partial charge in [0.25, 0.3) is 5.69 Å². The first-order valence-corrected chi connectivity index (χ1v) is 9.25. The Hall–Kier alpha value is -3.54. The van der Waals surface area contributed by atoms with Crippen LogP contribution in [0.1, 0.15) is 18.1 Å². The minimum absolute atomic E-state index is 0.0793. The Bertz CT molecular complexity index is 1030. The van der Waals surface area contributed by atoms with Crippen molar-refractivity contribution in [2.75, 3.05) is 25.7 Å². The summed E-state index contributed by atoms with van der Waals surface area (Å²) in [6.45, 7) is 1.44. The molecule has 2 aromatic carbocycles. The molecule has 2 rings (SSSR count). The summed E-state index contributed by atoms with van der Waals surface area (Å²) in [5.74, 6) is -0.340. The second-order valence-electron chi connectivity index (χ2n) is 5.98. The number of hydrazone groups is 1. The molecule has 0 unspecified atom stereocenters. The van der Waals surface area contributed by atoms with E-state index in [4.69, 9.17) is 25.8 Å². The average molecular weight is 476 g/mol. The number of rotatable bonds is 9. The molecule has 0 atom stereocenters. The van der Waals surface area contributed by atoms with Crippen molar-refractivity contribution in [2.45, 2.75) is 13.1 Å². The Morgan fingerprint density at radius 2 is 2.03 bits per heavy atom. The third kappa shape index (κ3) is 6.48. The van der Waals surface area contributed by atoms with E-state index >= 15 is 0 Å². The third-order valence-electron chi connectivity index (χ3n) is 3.81. The molecular weight excluding hydrogens is 459 g/mol. The number of halogens is 4. The third-order valence-corrected chi connectivity index (χ3v) is 4.09. The molecule has 13 heteroatoms. The Kier molecular flexibility index (Phi) is 8.24. The molecule has 0 aliphatic heterocycles. The number of nitrogens with zero attached hydrogens (tertiary/aromatic N) is 2. The molecule has 32 heavy (non-hydrogen) atoms. The predicted molar refractivity (Wildman–Crippen MR) is 109 cm³/mol. The van der Waals surface area contributed by atoms with Gasteiger partial charge in [-0.3, -0.25) is 15.5 Å². The molecule has 0 aliphatic rings. The Morgan fingerprint density at radius 1 is 1.31 bits per heavy atom. The van der Waals surface area contributed by atoms with Gasteiger partial charge in [-0.15, -0.1) is 0 Å². The number of carbonyl (C=O) groups is 1. The maximum atomic E-state index is 12.8. The summed E-state index contributed by atoms with van der Waals surface area (Å²) in [7, 11) is 1.34. The minimum atomic E-state index is -4.73. The lowest BCUT2D eigenvalue weighted by atomic mass is 10.1. The van der Waals surface area contributed by atoms with Crippen molar-refractivity contribution in [3.63, 3.8) is 0 Å². The average Bonchev–Trinajstić information content (AvgIpc) is 2.72. The number of methoxy groups -OCH3 is 1. The SMILES string of the molecule is CCOC(=O)COc1c(Cl)cc(/C=N\Nc2ccc(C(F)(F)F)cc2[N+](=O)[O-])cc1OC. The molecule has 0 radical (unpaired) electrons. The topological polar surface area (TPSA) is 112 Å². The van der Waals surface area contributed by atoms with Gasteiger partial charge in [0, 0.05) is 6.07 Å². The summed E-state index contributed by atoms with van der Waals surface area (Å²) in [6.07, 6.45) is -3.51. The van der Waals surface area contributed by atoms with Crippen molar-refractivity contribution in [2.24, 2.45) is 5.10 Å². The normalized spacial score (nSPS) is 11.3. The largest absolute Gasteiger partial charge is 0.493 e. The van der Waals surface area contributed by atoms with Crippen LogP contribution in [0.2, 0.25) is 5.02 Å². The van der Waals surface area contributed by atoms with Crippen molar-refractivity contribution < 1.29 is 37.1 Å². The second-order valence-corrected chi connectivity index (χ2v) is 6.39. The van der Waals surface area contributed by atoms with Gasteiger partial charge in [0.1, 0.15) is 5.69 Å². The fraction of sp³-hybridized carbons (Fsp3) is 0.263. The van der Waals surface area contributed by atoms with Gasteiger partial charge in [-0.05, 0) is 36.8 Å². The number of esters is 1. The highest BCUT2D eigenvalue weighted by Crippen LogP contribution is 2.37. The number of nitro groups is 1. The fourth-order valence-corrected chi connectivity index (χ4v) is 2.69. The van der Waals surface area contributed by atoms with E-state index in [1.54, 1.807) is 6.92 Å². The molecular formula is C19H17ClF3N3O6. The Balaban J connectivity index is 2.21. The van der Waals surface area contributed by atoms with Crippen molar-refractivity contribution in [1.29, 1.82) is 0 Å². The van der Waals surface area contributed by atoms with Gasteiger partial charge in [0.2, 0.25) is 0 Å². The van der Waals surface area contributed by atoms with Crippen molar-refractivity contribution in [3.05, 3.63) is 56.6 Å². The van der Waals surface area contributed by atoms with Crippen LogP contribution in [0.3, 0.4) is 0 Å². The monoisotopic (exact) mass is 475 g/mol. The molecule has 172 valence electrons. The minimum Gasteiger partial charge on any atom is -0.493 e. The summed E-state index contributed by atoms with van der Waals surface area (Å²) in [5.41, 5.74) is 0.506. The zero-order chi connectivity index (χ0) is 23.9. The number of anilines is 1. The van der Waals surface area contributed by atoms with Gasteiger partial charge in [0.15, 0.2) is 18.1 Å². The van der Waals surface area contributed by atoms with Crippen LogP contribution in [0.15, 0.2) is 35.4 Å². The van der Waals surface area contributed by atoms with E-state index in [1.165, 1.54) is 25.5 Å². The van der Waals surface area contributed by atoms with Crippen LogP contribution in [-0.2, 0) is 15.7 Å². The molecule has 0 aromatic heterocycles. The Labute approximate surface area is 184 Å². The number of nitrogens with one attached hydrogen (secondary N) is 1. The molecule has 0 saturated heterocycles. The molecule has 0 bridgehead atoms. The van der Waals surface area contributed by atoms with E-state index in [0.717, 1.165) is 6.07 Å². The van der Waals surface area contributed by atoms with E-state index in [2.05, 4.69) is 10.5 Å². The summed E-state index contributed by atoms with van der Waals surface area (Å²) in [4.78, 5) is 21.6. The number of nitro benzene ring substituents is 1. The van der Waals surface area contributed by atoms with Gasteiger partial charge in [-0.1, -0.05) is 11.6 Å². The molecule has 0 amide bonds. The highest BCUT2D eigenvalue weighted by atomic mass is 35.5. The number of hydrogen-bond donors (Lipinski definition) is 1. The fourth-order valence-electron chi connectivity index (χ4n) is 2.42. The summed E-state index contributed by atoms with van der Waals surface area (Å²) in [5, 5.41) is 15.0. The van der Waals surface area contributed by atoms with Crippen molar-refractivity contribution in [1.82, 2.24) is 0 Å². The lowest BCUT2D eigenvalue weighted by Gasteiger charge is -2.12. The first-order chi connectivity index (χ1) is 15.1. The number of carbonyl (C=O) groups excluding carboxylic acids is 1. The van der Waals surface area contributed by atoms with E-state index in [0.29, 0.717) is 17.7 Å². The maximum Gasteiger partial charge on any atom is 0.416 e. The second kappa shape index (κ2) is 10.7. The van der Waals surface area contributed by atoms with E-state index in [1.807, 2.05) is 0 Å². The number of hydrogen-bond acceptors (Lipinski definition) is 8. The molecule has 0 saturated carbocycles. The zero-order valence-corrected chi connectivity index (χ0v) is 17.5. The van der Waals surface area contributed by atoms with Gasteiger partial charge in [-0.25, -0.2) is 4.79 Å². The van der Waals surface area contributed by atoms with Crippen LogP contribution in [-0.4, -0.2) is 37.4 Å². The highest BCUT2D eigenvalue weighted by molar-refractivity contribution is 6.32. The quantitative estimate of drug-likeness (QED) is 0.243. The van der Waals surface area contributed by atoms with Gasteiger partial charge >= 0.3 is 12.1 Å². The van der Waals surface area contributed by atoms with Crippen molar-refractivity contribution >= 4 is 35.2 Å². The molecule has 0 aliphatic carbocycles. The van der Waals surface area contributed by atoms with E-state index in [9.17, 15) is 28.1 Å². The van der Waals surface area contributed by atoms with Gasteiger partial charge < -0.3 is 14.2 Å². The summed E-state index contributed by atoms with van der Waals surface area (Å²) < 4.78 is 53.6. The van der Waals surface area contributed by atoms with E-state index < -0.39 is 34.9 Å². The van der Waals surface area contributed by atoms with Crippen LogP contribution in [0.25, 0.3) is 0 Å². The summed E-state index contributed by atoms with van der Waals surface area (Å²) in [6, 6.07) is 4.88. The first kappa shape index (κ1) is 24.7. The lowest BCUT2D eigenvalue weighted by molar-refractivity contribution is -0.384. The molecule has 0 spiro atoms. The lowest BCUT2D eigenvalue weighted by Crippen LogP contribution is -2.15. The smallest absolute Gasteiger partial charge is 0.416 e. The van der Waals surface area contributed by atoms with Crippen LogP contribution >= 0.6 is 11.6 Å². The zero-order valence-electron chi connectivity index (χ0n) is 16.7. The van der Waals surface area contributed by atoms with Crippen molar-refractivity contribution in [3.8, 4) is 11.5 Å². The predicted octanol–water partition coefficient (Wildman–Crippen LogP) is 4.66. The van der Waals surface area contributed by atoms with Crippen LogP contribution < -0.4 is 14.9 Å². The molecule has 1 N–H and O–H groups in total. The molecule has 0 fully saturated rings. The highest BCUT2D eigenvalue weighted by Gasteiger charge is 2.33. The molecule has 2 aromatic rings. The first-order valence-electron chi connectivity index (χ1n) is 8.87. The summed E-state index contributed by atoms with van der Waals surface area (Å²) >= 11 is 6.16. The number of alkyl halides is 3. The van der Waals surface area contributed by atoms with Crippen LogP contribution in [0.5, 0.6) is 11.5 Å². The standard InChI is InChI=1S/C19H17ClF3N3O6/c1-3-31-17(27)10-32-18-13(20)6-11(7-16(18)30-2)9-24-25-14-5-4-12(19(21,22)23)8-15(14)26(28)29/h4-9,25H,3,10H2,1-2H3/b24-9-. The van der Waals surface area contributed by atoms with Gasteiger partial charge in [-0.2, -0.15) is 18.3 Å². The molecule has 9 nitrogen and oxygen atoms in total. The van der Waals surface area contributed by atoms with E-state index in [-0.39, 0.29) is 28.8 Å². The van der Waals surface area contributed by atoms with Crippen LogP contribution in [0.4, 0.5) is 24.5 Å². The van der Waals surface area contributed by atoms with Crippen LogP contribution in [0, 0.1) is 10.1 Å². The number of ether oxygens (including phenoxy) is 3. The molecule has 0 heterocycles.